The van der Waals surface area contributed by atoms with Gasteiger partial charge in [-0.25, -0.2) is 0 Å². The van der Waals surface area contributed by atoms with E-state index in [1.807, 2.05) is 12.1 Å². The summed E-state index contributed by atoms with van der Waals surface area (Å²) in [5.41, 5.74) is 1.23. The molecular formula is C15H22N2O2. The van der Waals surface area contributed by atoms with Gasteiger partial charge in [-0.3, -0.25) is 4.79 Å². The quantitative estimate of drug-likeness (QED) is 0.788. The Morgan fingerprint density at radius 3 is 2.79 bits per heavy atom. The molecule has 1 aromatic rings. The summed E-state index contributed by atoms with van der Waals surface area (Å²) in [5, 5.41) is 6.32. The molecule has 1 aliphatic rings. The molecule has 104 valence electrons. The Kier molecular flexibility index (Phi) is 5.21. The van der Waals surface area contributed by atoms with Crippen molar-refractivity contribution >= 4 is 5.91 Å². The monoisotopic (exact) mass is 262 g/mol. The number of amides is 1. The third-order valence-corrected chi connectivity index (χ3v) is 3.20. The molecule has 2 N–H and O–H groups in total. The van der Waals surface area contributed by atoms with Crippen molar-refractivity contribution in [3.8, 4) is 5.75 Å². The van der Waals surface area contributed by atoms with Crippen LogP contribution in [-0.2, 0) is 11.3 Å². The lowest BCUT2D eigenvalue weighted by atomic mass is 10.2. The van der Waals surface area contributed by atoms with Crippen molar-refractivity contribution in [1.82, 2.24) is 10.6 Å². The van der Waals surface area contributed by atoms with Gasteiger partial charge in [-0.1, -0.05) is 19.1 Å². The Hall–Kier alpha value is -1.55. The highest BCUT2D eigenvalue weighted by Crippen LogP contribution is 2.12. The zero-order valence-corrected chi connectivity index (χ0v) is 11.4. The van der Waals surface area contributed by atoms with E-state index in [0.29, 0.717) is 12.5 Å². The second-order valence-corrected chi connectivity index (χ2v) is 4.93. The number of hydrogen-bond acceptors (Lipinski definition) is 3. The Labute approximate surface area is 114 Å². The van der Waals surface area contributed by atoms with Crippen molar-refractivity contribution in [3.63, 3.8) is 0 Å². The normalized spacial score (nSPS) is 18.4. The van der Waals surface area contributed by atoms with Crippen molar-refractivity contribution in [2.75, 3.05) is 13.2 Å². The molecule has 0 radical (unpaired) electrons. The van der Waals surface area contributed by atoms with Crippen LogP contribution in [0, 0.1) is 0 Å². The molecule has 1 aliphatic heterocycles. The lowest BCUT2D eigenvalue weighted by Gasteiger charge is -2.11. The molecule has 4 heteroatoms. The molecule has 0 spiro atoms. The Morgan fingerprint density at radius 2 is 2.16 bits per heavy atom. The standard InChI is InChI=1S/C15H22N2O2/c1-2-9-19-14-6-3-12(4-7-14)10-16-11-13-5-8-15(18)17-13/h3-4,6-7,13,16H,2,5,8-11H2,1H3,(H,17,18). The van der Waals surface area contributed by atoms with Crippen LogP contribution in [0.2, 0.25) is 0 Å². The van der Waals surface area contributed by atoms with Crippen LogP contribution in [0.5, 0.6) is 5.75 Å². The van der Waals surface area contributed by atoms with E-state index in [1.54, 1.807) is 0 Å². The summed E-state index contributed by atoms with van der Waals surface area (Å²) >= 11 is 0. The fraction of sp³-hybridized carbons (Fsp3) is 0.533. The number of nitrogens with one attached hydrogen (secondary N) is 2. The number of carbonyl (C=O) groups is 1. The van der Waals surface area contributed by atoms with Crippen molar-refractivity contribution in [3.05, 3.63) is 29.8 Å². The number of benzene rings is 1. The zero-order valence-electron chi connectivity index (χ0n) is 11.4. The van der Waals surface area contributed by atoms with Crippen molar-refractivity contribution in [1.29, 1.82) is 0 Å². The summed E-state index contributed by atoms with van der Waals surface area (Å²) in [5.74, 6) is 1.10. The maximum Gasteiger partial charge on any atom is 0.220 e. The van der Waals surface area contributed by atoms with Crippen molar-refractivity contribution < 1.29 is 9.53 Å². The lowest BCUT2D eigenvalue weighted by molar-refractivity contribution is -0.119. The minimum atomic E-state index is 0.171. The molecule has 2 rings (SSSR count). The Morgan fingerprint density at radius 1 is 1.37 bits per heavy atom. The molecule has 1 heterocycles. The van der Waals surface area contributed by atoms with Gasteiger partial charge in [0.15, 0.2) is 0 Å². The van der Waals surface area contributed by atoms with E-state index in [4.69, 9.17) is 4.74 Å². The first-order valence-electron chi connectivity index (χ1n) is 6.99. The van der Waals surface area contributed by atoms with Crippen LogP contribution >= 0.6 is 0 Å². The van der Waals surface area contributed by atoms with Crippen molar-refractivity contribution in [2.45, 2.75) is 38.8 Å². The summed E-state index contributed by atoms with van der Waals surface area (Å²) in [7, 11) is 0. The van der Waals surface area contributed by atoms with Crippen LogP contribution in [0.25, 0.3) is 0 Å². The van der Waals surface area contributed by atoms with Gasteiger partial charge in [0.1, 0.15) is 5.75 Å². The fourth-order valence-electron chi connectivity index (χ4n) is 2.14. The van der Waals surface area contributed by atoms with E-state index in [9.17, 15) is 4.79 Å². The van der Waals surface area contributed by atoms with Crippen LogP contribution in [-0.4, -0.2) is 25.1 Å². The Balaban J connectivity index is 1.69. The minimum absolute atomic E-state index is 0.171. The molecule has 1 amide bonds. The van der Waals surface area contributed by atoms with Gasteiger partial charge in [-0.15, -0.1) is 0 Å². The second-order valence-electron chi connectivity index (χ2n) is 4.93. The number of carbonyl (C=O) groups excluding carboxylic acids is 1. The Bertz CT molecular complexity index is 403. The molecule has 1 atom stereocenters. The predicted octanol–water partition coefficient (Wildman–Crippen LogP) is 1.84. The van der Waals surface area contributed by atoms with E-state index in [0.717, 1.165) is 38.3 Å². The maximum absolute atomic E-state index is 11.1. The second kappa shape index (κ2) is 7.14. The van der Waals surface area contributed by atoms with Gasteiger partial charge in [0.05, 0.1) is 6.61 Å². The van der Waals surface area contributed by atoms with Crippen LogP contribution in [0.3, 0.4) is 0 Å². The summed E-state index contributed by atoms with van der Waals surface area (Å²) in [6.07, 6.45) is 2.63. The van der Waals surface area contributed by atoms with Gasteiger partial charge in [-0.2, -0.15) is 0 Å². The average molecular weight is 262 g/mol. The largest absolute Gasteiger partial charge is 0.494 e. The summed E-state index contributed by atoms with van der Waals surface area (Å²) < 4.78 is 5.54. The number of rotatable bonds is 7. The molecule has 4 nitrogen and oxygen atoms in total. The topological polar surface area (TPSA) is 50.4 Å². The van der Waals surface area contributed by atoms with E-state index >= 15 is 0 Å². The molecule has 19 heavy (non-hydrogen) atoms. The molecule has 1 unspecified atom stereocenters. The minimum Gasteiger partial charge on any atom is -0.494 e. The van der Waals surface area contributed by atoms with Crippen LogP contribution in [0.15, 0.2) is 24.3 Å². The van der Waals surface area contributed by atoms with Gasteiger partial charge < -0.3 is 15.4 Å². The first-order chi connectivity index (χ1) is 9.28. The third-order valence-electron chi connectivity index (χ3n) is 3.20. The smallest absolute Gasteiger partial charge is 0.220 e. The third kappa shape index (κ3) is 4.56. The molecular weight excluding hydrogens is 240 g/mol. The van der Waals surface area contributed by atoms with E-state index in [2.05, 4.69) is 29.7 Å². The molecule has 1 aromatic carbocycles. The predicted molar refractivity (Wildman–Crippen MR) is 75.1 cm³/mol. The van der Waals surface area contributed by atoms with Gasteiger partial charge in [0.25, 0.3) is 0 Å². The number of ether oxygens (including phenoxy) is 1. The zero-order chi connectivity index (χ0) is 13.5. The average Bonchev–Trinajstić information content (AvgIpc) is 2.84. The van der Waals surface area contributed by atoms with E-state index in [-0.39, 0.29) is 5.91 Å². The first kappa shape index (κ1) is 13.9. The summed E-state index contributed by atoms with van der Waals surface area (Å²) in [4.78, 5) is 11.1. The highest BCUT2D eigenvalue weighted by Gasteiger charge is 2.19. The fourth-order valence-corrected chi connectivity index (χ4v) is 2.14. The molecule has 0 bridgehead atoms. The number of hydrogen-bond donors (Lipinski definition) is 2. The van der Waals surface area contributed by atoms with E-state index in [1.165, 1.54) is 5.56 Å². The highest BCUT2D eigenvalue weighted by molar-refractivity contribution is 5.78. The molecule has 0 saturated carbocycles. The van der Waals surface area contributed by atoms with E-state index < -0.39 is 0 Å². The molecule has 0 aliphatic carbocycles. The SMILES string of the molecule is CCCOc1ccc(CNCC2CCC(=O)N2)cc1. The first-order valence-corrected chi connectivity index (χ1v) is 6.99. The van der Waals surface area contributed by atoms with Crippen LogP contribution in [0.4, 0.5) is 0 Å². The van der Waals surface area contributed by atoms with Gasteiger partial charge in [-0.05, 0) is 30.5 Å². The lowest BCUT2D eigenvalue weighted by Crippen LogP contribution is -2.35. The molecule has 1 saturated heterocycles. The van der Waals surface area contributed by atoms with Gasteiger partial charge >= 0.3 is 0 Å². The van der Waals surface area contributed by atoms with Crippen LogP contribution < -0.4 is 15.4 Å². The summed E-state index contributed by atoms with van der Waals surface area (Å²) in [6, 6.07) is 8.45. The highest BCUT2D eigenvalue weighted by atomic mass is 16.5. The van der Waals surface area contributed by atoms with Gasteiger partial charge in [0, 0.05) is 25.6 Å². The van der Waals surface area contributed by atoms with Gasteiger partial charge in [0.2, 0.25) is 5.91 Å². The van der Waals surface area contributed by atoms with Crippen molar-refractivity contribution in [2.24, 2.45) is 0 Å². The molecule has 1 fully saturated rings. The molecule has 0 aromatic heterocycles. The maximum atomic E-state index is 11.1. The summed E-state index contributed by atoms with van der Waals surface area (Å²) in [6.45, 7) is 4.51. The van der Waals surface area contributed by atoms with Crippen LogP contribution in [0.1, 0.15) is 31.7 Å².